The van der Waals surface area contributed by atoms with Gasteiger partial charge in [-0.2, -0.15) is 0 Å². The van der Waals surface area contributed by atoms with Gasteiger partial charge in [-0.15, -0.1) is 0 Å². The van der Waals surface area contributed by atoms with Crippen LogP contribution < -0.4 is 4.87 Å². The van der Waals surface area contributed by atoms with Crippen LogP contribution in [-0.4, -0.2) is 54.4 Å². The Bertz CT molecular complexity index is 1140. The molecule has 2 aliphatic carbocycles. The summed E-state index contributed by atoms with van der Waals surface area (Å²) >= 11 is 1.32. The van der Waals surface area contributed by atoms with E-state index in [9.17, 15) is 9.59 Å². The number of likely N-dealkylation sites (N-methyl/N-ethyl adjacent to an activating group) is 1. The van der Waals surface area contributed by atoms with Crippen LogP contribution in [0.4, 0.5) is 0 Å². The highest BCUT2D eigenvalue weighted by Gasteiger charge is 2.31. The molecular formula is C27H33N3O2S. The number of amides is 1. The zero-order valence-corrected chi connectivity index (χ0v) is 20.7. The Morgan fingerprint density at radius 1 is 1.15 bits per heavy atom. The van der Waals surface area contributed by atoms with Gasteiger partial charge in [0.15, 0.2) is 0 Å². The SMILES string of the molecule is Cc1ccc(C(=O)N(CCN(C)C)CC2=CC=CC(C3C=Cc4[nH]c(=O)sc4C3)C2C)cc1. The molecule has 1 N–H and O–H groups in total. The van der Waals surface area contributed by atoms with E-state index in [1.54, 1.807) is 0 Å². The largest absolute Gasteiger partial charge is 0.333 e. The van der Waals surface area contributed by atoms with Crippen molar-refractivity contribution in [3.8, 4) is 0 Å². The van der Waals surface area contributed by atoms with E-state index in [0.717, 1.165) is 34.7 Å². The smallest absolute Gasteiger partial charge is 0.305 e. The summed E-state index contributed by atoms with van der Waals surface area (Å²) in [6.07, 6.45) is 11.8. The number of nitrogens with zero attached hydrogens (tertiary/aromatic N) is 2. The van der Waals surface area contributed by atoms with E-state index < -0.39 is 0 Å². The second kappa shape index (κ2) is 10.1. The summed E-state index contributed by atoms with van der Waals surface area (Å²) in [6.45, 7) is 6.43. The van der Waals surface area contributed by atoms with E-state index in [-0.39, 0.29) is 10.8 Å². The fourth-order valence-corrected chi connectivity index (χ4v) is 5.57. The number of allylic oxidation sites excluding steroid dienone is 4. The number of aromatic amines is 1. The number of nitrogens with one attached hydrogen (secondary N) is 1. The van der Waals surface area contributed by atoms with Gasteiger partial charge in [-0.05, 0) is 69.0 Å². The summed E-state index contributed by atoms with van der Waals surface area (Å²) in [6, 6.07) is 7.85. The predicted octanol–water partition coefficient (Wildman–Crippen LogP) is 4.38. The maximum atomic E-state index is 13.4. The van der Waals surface area contributed by atoms with Crippen molar-refractivity contribution >= 4 is 23.3 Å². The summed E-state index contributed by atoms with van der Waals surface area (Å²) in [5.74, 6) is 1.09. The number of fused-ring (bicyclic) bond motifs is 1. The van der Waals surface area contributed by atoms with Gasteiger partial charge in [0.25, 0.3) is 5.91 Å². The van der Waals surface area contributed by atoms with Crippen LogP contribution in [0, 0.1) is 24.7 Å². The minimum absolute atomic E-state index is 0.0178. The first-order chi connectivity index (χ1) is 15.8. The van der Waals surface area contributed by atoms with Gasteiger partial charge in [0.05, 0.1) is 5.69 Å². The monoisotopic (exact) mass is 463 g/mol. The van der Waals surface area contributed by atoms with Gasteiger partial charge < -0.3 is 14.8 Å². The molecule has 1 aromatic heterocycles. The molecule has 0 fully saturated rings. The average Bonchev–Trinajstić information content (AvgIpc) is 3.16. The third kappa shape index (κ3) is 5.45. The van der Waals surface area contributed by atoms with Crippen LogP contribution in [0.25, 0.3) is 6.08 Å². The number of thiazole rings is 1. The van der Waals surface area contributed by atoms with Gasteiger partial charge in [0.1, 0.15) is 0 Å². The maximum absolute atomic E-state index is 13.4. The van der Waals surface area contributed by atoms with Crippen molar-refractivity contribution in [1.82, 2.24) is 14.8 Å². The van der Waals surface area contributed by atoms with Gasteiger partial charge >= 0.3 is 4.87 Å². The third-order valence-corrected chi connectivity index (χ3v) is 7.68. The lowest BCUT2D eigenvalue weighted by Gasteiger charge is -2.35. The van der Waals surface area contributed by atoms with Gasteiger partial charge in [0, 0.05) is 30.1 Å². The van der Waals surface area contributed by atoms with Crippen molar-refractivity contribution in [3.05, 3.63) is 85.5 Å². The Hall–Kier alpha value is -2.70. The molecule has 5 nitrogen and oxygen atoms in total. The molecular weight excluding hydrogens is 430 g/mol. The van der Waals surface area contributed by atoms with Gasteiger partial charge in [-0.3, -0.25) is 9.59 Å². The van der Waals surface area contributed by atoms with Crippen LogP contribution in [-0.2, 0) is 6.42 Å². The molecule has 1 heterocycles. The average molecular weight is 464 g/mol. The lowest BCUT2D eigenvalue weighted by atomic mass is 9.73. The fraction of sp³-hybridized carbons (Fsp3) is 0.407. The van der Waals surface area contributed by atoms with Crippen LogP contribution >= 0.6 is 11.3 Å². The standard InChI is InChI=1S/C27H33N3O2S/c1-18-8-10-20(11-9-18)26(31)30(15-14-29(3)4)17-22-6-5-7-23(19(22)2)21-12-13-24-25(16-21)33-27(32)28-24/h5-13,19,21,23H,14-17H2,1-4H3,(H,28,32). The van der Waals surface area contributed by atoms with E-state index >= 15 is 0 Å². The molecule has 0 bridgehead atoms. The Morgan fingerprint density at radius 3 is 2.64 bits per heavy atom. The van der Waals surface area contributed by atoms with Crippen LogP contribution in [0.1, 0.15) is 33.4 Å². The van der Waals surface area contributed by atoms with Gasteiger partial charge in [0.2, 0.25) is 0 Å². The highest BCUT2D eigenvalue weighted by molar-refractivity contribution is 7.09. The maximum Gasteiger partial charge on any atom is 0.305 e. The van der Waals surface area contributed by atoms with Crippen LogP contribution in [0.15, 0.2) is 58.9 Å². The van der Waals surface area contributed by atoms with Crippen LogP contribution in [0.3, 0.4) is 0 Å². The zero-order valence-electron chi connectivity index (χ0n) is 19.9. The van der Waals surface area contributed by atoms with Crippen molar-refractivity contribution < 1.29 is 4.79 Å². The molecule has 0 spiro atoms. The van der Waals surface area contributed by atoms with Crippen molar-refractivity contribution in [1.29, 1.82) is 0 Å². The molecule has 2 aliphatic rings. The zero-order chi connectivity index (χ0) is 23.5. The lowest BCUT2D eigenvalue weighted by Crippen LogP contribution is -2.39. The quantitative estimate of drug-likeness (QED) is 0.663. The summed E-state index contributed by atoms with van der Waals surface area (Å²) in [5.41, 5.74) is 4.13. The number of hydrogen-bond acceptors (Lipinski definition) is 4. The molecule has 3 unspecified atom stereocenters. The lowest BCUT2D eigenvalue weighted by molar-refractivity contribution is 0.0754. The Labute approximate surface area is 200 Å². The molecule has 1 aromatic carbocycles. The Morgan fingerprint density at radius 2 is 1.91 bits per heavy atom. The number of hydrogen-bond donors (Lipinski definition) is 1. The van der Waals surface area contributed by atoms with E-state index in [2.05, 4.69) is 47.2 Å². The Balaban J connectivity index is 1.50. The minimum Gasteiger partial charge on any atom is -0.333 e. The number of H-pyrrole nitrogens is 1. The first-order valence-electron chi connectivity index (χ1n) is 11.6. The van der Waals surface area contributed by atoms with Gasteiger partial charge in [-0.25, -0.2) is 0 Å². The first-order valence-corrected chi connectivity index (χ1v) is 12.4. The molecule has 0 aliphatic heterocycles. The van der Waals surface area contributed by atoms with E-state index in [1.807, 2.05) is 50.2 Å². The van der Waals surface area contributed by atoms with Gasteiger partial charge in [-0.1, -0.05) is 60.3 Å². The summed E-state index contributed by atoms with van der Waals surface area (Å²) in [7, 11) is 4.07. The topological polar surface area (TPSA) is 56.4 Å². The Kier molecular flexibility index (Phi) is 7.15. The number of rotatable bonds is 7. The highest BCUT2D eigenvalue weighted by atomic mass is 32.1. The van der Waals surface area contributed by atoms with E-state index in [0.29, 0.717) is 30.8 Å². The second-order valence-corrected chi connectivity index (χ2v) is 10.5. The number of carbonyl (C=O) groups excluding carboxylic acids is 1. The van der Waals surface area contributed by atoms with E-state index in [1.165, 1.54) is 16.9 Å². The molecule has 174 valence electrons. The van der Waals surface area contributed by atoms with Crippen LogP contribution in [0.2, 0.25) is 0 Å². The number of aromatic nitrogens is 1. The number of carbonyl (C=O) groups is 1. The molecule has 4 rings (SSSR count). The van der Waals surface area contributed by atoms with Crippen molar-refractivity contribution in [2.24, 2.45) is 17.8 Å². The molecule has 0 saturated heterocycles. The normalized spacial score (nSPS) is 21.7. The van der Waals surface area contributed by atoms with Crippen molar-refractivity contribution in [2.75, 3.05) is 33.7 Å². The van der Waals surface area contributed by atoms with Crippen molar-refractivity contribution in [2.45, 2.75) is 20.3 Å². The molecule has 0 radical (unpaired) electrons. The molecule has 6 heteroatoms. The molecule has 33 heavy (non-hydrogen) atoms. The predicted molar refractivity (Wildman–Crippen MR) is 137 cm³/mol. The second-order valence-electron chi connectivity index (χ2n) is 9.47. The number of aryl methyl sites for hydroxylation is 1. The summed E-state index contributed by atoms with van der Waals surface area (Å²) in [5, 5.41) is 0. The molecule has 2 aromatic rings. The molecule has 3 atom stereocenters. The highest BCUT2D eigenvalue weighted by Crippen LogP contribution is 2.37. The van der Waals surface area contributed by atoms with Crippen LogP contribution in [0.5, 0.6) is 0 Å². The first kappa shape index (κ1) is 23.5. The minimum atomic E-state index is 0.0178. The molecule has 0 saturated carbocycles. The molecule has 1 amide bonds. The summed E-state index contributed by atoms with van der Waals surface area (Å²) < 4.78 is 0. The number of benzene rings is 1. The fourth-order valence-electron chi connectivity index (χ4n) is 4.68. The van der Waals surface area contributed by atoms with E-state index in [4.69, 9.17) is 0 Å². The summed E-state index contributed by atoms with van der Waals surface area (Å²) in [4.78, 5) is 33.3. The third-order valence-electron chi connectivity index (χ3n) is 6.76. The van der Waals surface area contributed by atoms with Crippen molar-refractivity contribution in [3.63, 3.8) is 0 Å².